The normalized spacial score (nSPS) is 51.4. The van der Waals surface area contributed by atoms with Crippen LogP contribution in [0.3, 0.4) is 0 Å². The summed E-state index contributed by atoms with van der Waals surface area (Å²) >= 11 is 0. The molecule has 4 saturated heterocycles. The predicted molar refractivity (Wildman–Crippen MR) is 268 cm³/mol. The fourth-order valence-corrected chi connectivity index (χ4v) is 15.6. The molecular weight excluding hydrogens is 1030 g/mol. The molecule has 0 aromatic rings. The van der Waals surface area contributed by atoms with Crippen LogP contribution < -0.4 is 0 Å². The lowest BCUT2D eigenvalue weighted by atomic mass is 9.38. The van der Waals surface area contributed by atoms with Crippen molar-refractivity contribution in [2.75, 3.05) is 26.4 Å². The Morgan fingerprint density at radius 2 is 1.09 bits per heavy atom. The van der Waals surface area contributed by atoms with Gasteiger partial charge in [0.15, 0.2) is 25.2 Å². The topological polar surface area (TPSA) is 398 Å². The summed E-state index contributed by atoms with van der Waals surface area (Å²) in [6, 6.07) is 0. The van der Waals surface area contributed by atoms with Crippen LogP contribution in [-0.2, 0) is 37.9 Å². The molecule has 8 rings (SSSR count). The summed E-state index contributed by atoms with van der Waals surface area (Å²) in [4.78, 5) is 0. The first-order valence-electron chi connectivity index (χ1n) is 28.0. The van der Waals surface area contributed by atoms with Crippen molar-refractivity contribution in [1.82, 2.24) is 0 Å². The molecule has 16 N–H and O–H groups in total. The number of allylic oxidation sites excluding steroid dienone is 1. The van der Waals surface area contributed by atoms with Crippen LogP contribution in [0.25, 0.3) is 0 Å². The van der Waals surface area contributed by atoms with Crippen molar-refractivity contribution in [2.24, 2.45) is 45.3 Å². The molecule has 3 saturated carbocycles. The van der Waals surface area contributed by atoms with Crippen molar-refractivity contribution in [3.8, 4) is 0 Å². The summed E-state index contributed by atoms with van der Waals surface area (Å²) in [6.07, 6.45) is -27.6. The molecule has 78 heavy (non-hydrogen) atoms. The molecule has 4 heterocycles. The highest BCUT2D eigenvalue weighted by Gasteiger charge is 2.70. The first kappa shape index (κ1) is 62.8. The summed E-state index contributed by atoms with van der Waals surface area (Å²) < 4.78 is 47.7. The molecule has 0 aromatic heterocycles. The van der Waals surface area contributed by atoms with Crippen LogP contribution in [0.5, 0.6) is 0 Å². The Morgan fingerprint density at radius 1 is 0.590 bits per heavy atom. The van der Waals surface area contributed by atoms with Crippen LogP contribution in [-0.4, -0.2) is 255 Å². The van der Waals surface area contributed by atoms with Gasteiger partial charge in [-0.15, -0.1) is 0 Å². The molecule has 30 atom stereocenters. The average Bonchev–Trinajstić information content (AvgIpc) is 3.21. The van der Waals surface area contributed by atoms with E-state index in [2.05, 4.69) is 47.6 Å². The van der Waals surface area contributed by atoms with Crippen molar-refractivity contribution < 1.29 is 120 Å². The zero-order valence-corrected chi connectivity index (χ0v) is 46.1. The number of fused-ring (bicyclic) bond motifs is 5. The maximum absolute atomic E-state index is 12.7. The number of aliphatic hydroxyl groups excluding tert-OH is 15. The van der Waals surface area contributed by atoms with Gasteiger partial charge in [0, 0.05) is 10.8 Å². The molecule has 24 nitrogen and oxygen atoms in total. The largest absolute Gasteiger partial charge is 0.394 e. The molecule has 452 valence electrons. The van der Waals surface area contributed by atoms with Gasteiger partial charge in [0.25, 0.3) is 0 Å². The zero-order chi connectivity index (χ0) is 57.5. The quantitative estimate of drug-likeness (QED) is 0.0637. The Balaban J connectivity index is 0.987. The lowest BCUT2D eigenvalue weighted by Crippen LogP contribution is -2.65. The Bertz CT molecular complexity index is 2020. The van der Waals surface area contributed by atoms with Gasteiger partial charge in [-0.25, -0.2) is 0 Å². The fourth-order valence-electron chi connectivity index (χ4n) is 15.6. The van der Waals surface area contributed by atoms with Crippen molar-refractivity contribution in [3.63, 3.8) is 0 Å². The van der Waals surface area contributed by atoms with Gasteiger partial charge in [-0.05, 0) is 99.7 Å². The van der Waals surface area contributed by atoms with Crippen LogP contribution >= 0.6 is 0 Å². The van der Waals surface area contributed by atoms with Crippen molar-refractivity contribution in [2.45, 2.75) is 253 Å². The number of rotatable bonds is 17. The average molecular weight is 1130 g/mol. The summed E-state index contributed by atoms with van der Waals surface area (Å²) in [5.74, 6) is 0.223. The molecule has 0 amide bonds. The Hall–Kier alpha value is -1.22. The van der Waals surface area contributed by atoms with E-state index in [4.69, 9.17) is 37.9 Å². The predicted octanol–water partition coefficient (Wildman–Crippen LogP) is -3.23. The van der Waals surface area contributed by atoms with E-state index in [-0.39, 0.29) is 40.9 Å². The number of ether oxygens (including phenoxy) is 8. The molecule has 8 aliphatic rings. The number of hydrogen-bond donors (Lipinski definition) is 16. The summed E-state index contributed by atoms with van der Waals surface area (Å²) in [5.41, 5.74) is -2.07. The van der Waals surface area contributed by atoms with Gasteiger partial charge in [0.2, 0.25) is 0 Å². The van der Waals surface area contributed by atoms with Crippen molar-refractivity contribution >= 4 is 0 Å². The van der Waals surface area contributed by atoms with Crippen LogP contribution in [0.15, 0.2) is 11.6 Å². The second-order valence-electron chi connectivity index (χ2n) is 25.9. The maximum Gasteiger partial charge on any atom is 0.187 e. The van der Waals surface area contributed by atoms with Gasteiger partial charge in [-0.2, -0.15) is 0 Å². The van der Waals surface area contributed by atoms with Crippen LogP contribution in [0.4, 0.5) is 0 Å². The van der Waals surface area contributed by atoms with Gasteiger partial charge in [-0.3, -0.25) is 0 Å². The molecule has 0 radical (unpaired) electrons. The Morgan fingerprint density at radius 3 is 1.63 bits per heavy atom. The summed E-state index contributed by atoms with van der Waals surface area (Å²) in [6.45, 7) is 13.5. The van der Waals surface area contributed by atoms with E-state index >= 15 is 0 Å². The molecular formula is C54H92O24. The van der Waals surface area contributed by atoms with Gasteiger partial charge in [0.05, 0.1) is 50.3 Å². The van der Waals surface area contributed by atoms with E-state index in [1.54, 1.807) is 0 Å². The minimum absolute atomic E-state index is 0.00555. The smallest absolute Gasteiger partial charge is 0.187 e. The molecule has 4 aliphatic carbocycles. The molecule has 0 spiro atoms. The van der Waals surface area contributed by atoms with E-state index in [0.29, 0.717) is 32.1 Å². The highest BCUT2D eigenvalue weighted by molar-refractivity contribution is 5.32. The number of aliphatic hydroxyl groups is 16. The molecule has 4 aliphatic heterocycles. The third-order valence-electron chi connectivity index (χ3n) is 20.8. The molecule has 24 heteroatoms. The molecule has 25 unspecified atom stereocenters. The second-order valence-corrected chi connectivity index (χ2v) is 25.9. The summed E-state index contributed by atoms with van der Waals surface area (Å²) in [5, 5.41) is 172. The van der Waals surface area contributed by atoms with E-state index in [9.17, 15) is 81.7 Å². The van der Waals surface area contributed by atoms with E-state index in [1.165, 1.54) is 13.8 Å². The first-order chi connectivity index (χ1) is 36.4. The highest BCUT2D eigenvalue weighted by Crippen LogP contribution is 2.75. The van der Waals surface area contributed by atoms with Gasteiger partial charge < -0.3 is 120 Å². The standard InChI is InChI=1S/C54H92O24/c1-22(23-15-16-52(6)30-12-10-24-25(54(30,8)31(58)17-53(23,52)7)11-14-32(50(24,2)3)76-47-43(68)39(64)35(60)27(19-56)73-47)9-13-33(51(4,5)70)77-49-45(78-48-44(69)40(65)36(61)28(20-57)74-48)41(66)37(62)29(75-49)21-71-46-42(67)38(63)34(59)26(18-55)72-46/h10,22-23,25-49,55-70H,9,11-21H2,1-8H3/t22?,23?,25-,26?,27?,28?,29?,30-,31?,32?,33?,34?,35?,36?,37?,38?,39?,40?,41?,42?,43?,44?,45?,46?,47?,48?,49?,52-,53+,54-/m0/s1. The maximum atomic E-state index is 12.7. The highest BCUT2D eigenvalue weighted by atomic mass is 16.8. The van der Waals surface area contributed by atoms with Crippen molar-refractivity contribution in [3.05, 3.63) is 11.6 Å². The van der Waals surface area contributed by atoms with E-state index in [0.717, 1.165) is 18.4 Å². The van der Waals surface area contributed by atoms with Crippen molar-refractivity contribution in [1.29, 1.82) is 0 Å². The monoisotopic (exact) mass is 1120 g/mol. The van der Waals surface area contributed by atoms with Crippen LogP contribution in [0, 0.1) is 45.3 Å². The summed E-state index contributed by atoms with van der Waals surface area (Å²) in [7, 11) is 0. The zero-order valence-electron chi connectivity index (χ0n) is 46.1. The second kappa shape index (κ2) is 23.7. The third-order valence-corrected chi connectivity index (χ3v) is 20.8. The van der Waals surface area contributed by atoms with Gasteiger partial charge in [-0.1, -0.05) is 53.2 Å². The lowest BCUT2D eigenvalue weighted by Gasteiger charge is -2.67. The van der Waals surface area contributed by atoms with Crippen LogP contribution in [0.2, 0.25) is 0 Å². The van der Waals surface area contributed by atoms with E-state index < -0.39 is 184 Å². The Kier molecular flexibility index (Phi) is 19.1. The Labute approximate surface area is 455 Å². The molecule has 0 aromatic carbocycles. The number of hydrogen-bond acceptors (Lipinski definition) is 24. The molecule has 0 bridgehead atoms. The van der Waals surface area contributed by atoms with E-state index in [1.807, 2.05) is 0 Å². The lowest BCUT2D eigenvalue weighted by molar-refractivity contribution is -0.380. The minimum Gasteiger partial charge on any atom is -0.394 e. The third kappa shape index (κ3) is 11.0. The van der Waals surface area contributed by atoms with Gasteiger partial charge in [0.1, 0.15) is 97.7 Å². The van der Waals surface area contributed by atoms with Gasteiger partial charge >= 0.3 is 0 Å². The minimum atomic E-state index is -1.93. The SMILES string of the molecule is CC(CCC(OC1OC(COC2OC(CO)C(O)C(O)C2O)C(O)C(O)C1OC1OC(CO)C(O)C(O)C1O)C(C)(C)O)C1CC[C@@]2(C)[C@@H]3CC=C4[C@H](CCC(OC5OC(CO)C(O)C(O)C5O)C4(C)C)[C@]3(C)C(O)C[C@]12C. The van der Waals surface area contributed by atoms with Crippen LogP contribution in [0.1, 0.15) is 107 Å². The first-order valence-corrected chi connectivity index (χ1v) is 28.0. The molecule has 7 fully saturated rings. The fraction of sp³-hybridized carbons (Fsp3) is 0.963.